The third kappa shape index (κ3) is 6.35. The Balaban J connectivity index is 1.67. The Kier molecular flexibility index (Phi) is 7.91. The summed E-state index contributed by atoms with van der Waals surface area (Å²) >= 11 is 6.64. The number of hydrogen-bond donors (Lipinski definition) is 2. The molecule has 32 heavy (non-hydrogen) atoms. The van der Waals surface area contributed by atoms with Crippen molar-refractivity contribution in [1.82, 2.24) is 5.43 Å². The molecule has 3 rings (SSSR count). The lowest BCUT2D eigenvalue weighted by Crippen LogP contribution is -2.32. The van der Waals surface area contributed by atoms with E-state index in [-0.39, 0.29) is 5.75 Å². The average Bonchev–Trinajstić information content (AvgIpc) is 2.77. The van der Waals surface area contributed by atoms with E-state index in [0.717, 1.165) is 10.0 Å². The number of anilines is 1. The molecule has 0 aromatic heterocycles. The monoisotopic (exact) mass is 557 g/mol. The highest BCUT2D eigenvalue weighted by atomic mass is 79.9. The molecule has 0 aliphatic carbocycles. The number of rotatable bonds is 5. The van der Waals surface area contributed by atoms with E-state index >= 15 is 0 Å². The predicted molar refractivity (Wildman–Crippen MR) is 129 cm³/mol. The van der Waals surface area contributed by atoms with E-state index in [0.29, 0.717) is 21.3 Å². The van der Waals surface area contributed by atoms with Crippen LogP contribution in [0.2, 0.25) is 0 Å². The Labute approximate surface area is 201 Å². The first kappa shape index (κ1) is 23.4. The third-order valence-electron chi connectivity index (χ3n) is 4.22. The molecule has 3 aromatic rings. The lowest BCUT2D eigenvalue weighted by atomic mass is 10.1. The second-order valence-electron chi connectivity index (χ2n) is 6.55. The molecule has 0 atom stereocenters. The summed E-state index contributed by atoms with van der Waals surface area (Å²) < 4.78 is 7.08. The maximum Gasteiger partial charge on any atom is 0.343 e. The van der Waals surface area contributed by atoms with Crippen molar-refractivity contribution in [1.29, 1.82) is 0 Å². The van der Waals surface area contributed by atoms with Crippen LogP contribution < -0.4 is 15.5 Å². The first-order valence-corrected chi connectivity index (χ1v) is 10.9. The van der Waals surface area contributed by atoms with Gasteiger partial charge in [-0.1, -0.05) is 50.1 Å². The molecule has 3 aromatic carbocycles. The Hall–Kier alpha value is -3.30. The Morgan fingerprint density at radius 2 is 1.59 bits per heavy atom. The van der Waals surface area contributed by atoms with Gasteiger partial charge in [-0.05, 0) is 61.0 Å². The van der Waals surface area contributed by atoms with Gasteiger partial charge >= 0.3 is 17.8 Å². The van der Waals surface area contributed by atoms with Crippen LogP contribution in [0.25, 0.3) is 0 Å². The molecular formula is C23H17Br2N3O4. The molecule has 0 saturated carbocycles. The number of aryl methyl sites for hydroxylation is 1. The van der Waals surface area contributed by atoms with Crippen LogP contribution in [0.4, 0.5) is 5.69 Å². The van der Waals surface area contributed by atoms with Gasteiger partial charge in [-0.15, -0.1) is 0 Å². The van der Waals surface area contributed by atoms with E-state index < -0.39 is 17.8 Å². The number of esters is 1. The average molecular weight is 559 g/mol. The highest BCUT2D eigenvalue weighted by Crippen LogP contribution is 2.23. The molecule has 0 bridgehead atoms. The standard InChI is InChI=1S/C23H17Br2N3O4/c1-14-4-2-3-5-19(14)23(31)32-20-11-8-17(25)12-15(20)13-26-28-22(30)21(29)27-18-9-6-16(24)7-10-18/h2-13H,1H3,(H,27,29)(H,28,30)/b26-13+. The zero-order valence-electron chi connectivity index (χ0n) is 16.8. The molecule has 0 heterocycles. The number of nitrogens with one attached hydrogen (secondary N) is 2. The van der Waals surface area contributed by atoms with Crippen LogP contribution in [0, 0.1) is 6.92 Å². The first-order chi connectivity index (χ1) is 15.3. The van der Waals surface area contributed by atoms with Crippen LogP contribution in [0.5, 0.6) is 5.75 Å². The van der Waals surface area contributed by atoms with E-state index in [9.17, 15) is 14.4 Å². The normalized spacial score (nSPS) is 10.6. The van der Waals surface area contributed by atoms with Crippen LogP contribution in [-0.2, 0) is 9.59 Å². The Morgan fingerprint density at radius 1 is 0.906 bits per heavy atom. The molecule has 162 valence electrons. The summed E-state index contributed by atoms with van der Waals surface area (Å²) in [4.78, 5) is 36.6. The van der Waals surface area contributed by atoms with Gasteiger partial charge in [0.25, 0.3) is 0 Å². The minimum atomic E-state index is -0.947. The molecule has 0 fully saturated rings. The van der Waals surface area contributed by atoms with Crippen LogP contribution in [0.15, 0.2) is 80.8 Å². The van der Waals surface area contributed by atoms with Crippen LogP contribution >= 0.6 is 31.9 Å². The van der Waals surface area contributed by atoms with Crippen molar-refractivity contribution in [2.45, 2.75) is 6.92 Å². The molecule has 2 N–H and O–H groups in total. The fraction of sp³-hybridized carbons (Fsp3) is 0.0435. The zero-order chi connectivity index (χ0) is 23.1. The number of carbonyl (C=O) groups excluding carboxylic acids is 3. The molecule has 0 spiro atoms. The van der Waals surface area contributed by atoms with Gasteiger partial charge in [-0.3, -0.25) is 9.59 Å². The molecule has 0 unspecified atom stereocenters. The molecule has 0 saturated heterocycles. The number of hydrogen-bond acceptors (Lipinski definition) is 5. The van der Waals surface area contributed by atoms with Crippen molar-refractivity contribution >= 4 is 61.5 Å². The summed E-state index contributed by atoms with van der Waals surface area (Å²) in [5, 5.41) is 6.28. The highest BCUT2D eigenvalue weighted by molar-refractivity contribution is 9.10. The molecule has 0 radical (unpaired) electrons. The lowest BCUT2D eigenvalue weighted by Gasteiger charge is -2.09. The number of halogens is 2. The quantitative estimate of drug-likeness (QED) is 0.154. The highest BCUT2D eigenvalue weighted by Gasteiger charge is 2.15. The Bertz CT molecular complexity index is 1190. The van der Waals surface area contributed by atoms with Crippen LogP contribution in [0.3, 0.4) is 0 Å². The molecule has 7 nitrogen and oxygen atoms in total. The van der Waals surface area contributed by atoms with Crippen LogP contribution in [-0.4, -0.2) is 24.0 Å². The summed E-state index contributed by atoms with van der Waals surface area (Å²) in [6.45, 7) is 1.81. The van der Waals surface area contributed by atoms with Crippen molar-refractivity contribution in [3.63, 3.8) is 0 Å². The number of carbonyl (C=O) groups is 3. The topological polar surface area (TPSA) is 96.9 Å². The summed E-state index contributed by atoms with van der Waals surface area (Å²) in [5.74, 6) is -2.08. The van der Waals surface area contributed by atoms with Gasteiger partial charge < -0.3 is 10.1 Å². The van der Waals surface area contributed by atoms with E-state index in [1.54, 1.807) is 54.6 Å². The largest absolute Gasteiger partial charge is 0.422 e. The van der Waals surface area contributed by atoms with Gasteiger partial charge in [0.15, 0.2) is 0 Å². The number of amides is 2. The van der Waals surface area contributed by atoms with Gasteiger partial charge in [0.1, 0.15) is 5.75 Å². The van der Waals surface area contributed by atoms with Crippen molar-refractivity contribution < 1.29 is 19.1 Å². The van der Waals surface area contributed by atoms with Gasteiger partial charge in [0.05, 0.1) is 11.8 Å². The maximum atomic E-state index is 12.5. The van der Waals surface area contributed by atoms with E-state index in [4.69, 9.17) is 4.74 Å². The first-order valence-electron chi connectivity index (χ1n) is 9.31. The van der Waals surface area contributed by atoms with Crippen molar-refractivity contribution in [3.05, 3.63) is 92.4 Å². The molecule has 0 aliphatic heterocycles. The SMILES string of the molecule is Cc1ccccc1C(=O)Oc1ccc(Br)cc1/C=N/NC(=O)C(=O)Nc1ccc(Br)cc1. The number of hydrazone groups is 1. The molecule has 2 amide bonds. The predicted octanol–water partition coefficient (Wildman–Crippen LogP) is 4.83. The van der Waals surface area contributed by atoms with Gasteiger partial charge in [-0.25, -0.2) is 10.2 Å². The Morgan fingerprint density at radius 3 is 2.31 bits per heavy atom. The zero-order valence-corrected chi connectivity index (χ0v) is 19.9. The number of ether oxygens (including phenoxy) is 1. The number of benzene rings is 3. The molecule has 0 aliphatic rings. The maximum absolute atomic E-state index is 12.5. The van der Waals surface area contributed by atoms with E-state index in [1.807, 2.05) is 19.1 Å². The van der Waals surface area contributed by atoms with Crippen molar-refractivity contribution in [2.24, 2.45) is 5.10 Å². The minimum absolute atomic E-state index is 0.249. The molecular weight excluding hydrogens is 542 g/mol. The summed E-state index contributed by atoms with van der Waals surface area (Å²) in [7, 11) is 0. The fourth-order valence-corrected chi connectivity index (χ4v) is 3.25. The van der Waals surface area contributed by atoms with E-state index in [2.05, 4.69) is 47.7 Å². The second kappa shape index (κ2) is 10.8. The van der Waals surface area contributed by atoms with Crippen molar-refractivity contribution in [2.75, 3.05) is 5.32 Å². The third-order valence-corrected chi connectivity index (χ3v) is 5.24. The van der Waals surface area contributed by atoms with Crippen molar-refractivity contribution in [3.8, 4) is 5.75 Å². The minimum Gasteiger partial charge on any atom is -0.422 e. The summed E-state index contributed by atoms with van der Waals surface area (Å²) in [6.07, 6.45) is 1.29. The number of nitrogens with zero attached hydrogens (tertiary/aromatic N) is 1. The second-order valence-corrected chi connectivity index (χ2v) is 8.38. The van der Waals surface area contributed by atoms with Gasteiger partial charge in [-0.2, -0.15) is 5.10 Å². The smallest absolute Gasteiger partial charge is 0.343 e. The van der Waals surface area contributed by atoms with E-state index in [1.165, 1.54) is 6.21 Å². The fourth-order valence-electron chi connectivity index (χ4n) is 2.60. The van der Waals surface area contributed by atoms with Crippen LogP contribution in [0.1, 0.15) is 21.5 Å². The summed E-state index contributed by atoms with van der Waals surface area (Å²) in [5.41, 5.74) is 4.28. The van der Waals surface area contributed by atoms with Gasteiger partial charge in [0.2, 0.25) is 0 Å². The summed E-state index contributed by atoms with van der Waals surface area (Å²) in [6, 6.07) is 18.8. The molecule has 9 heteroatoms. The lowest BCUT2D eigenvalue weighted by molar-refractivity contribution is -0.136. The van der Waals surface area contributed by atoms with Gasteiger partial charge in [0, 0.05) is 20.2 Å².